The predicted molar refractivity (Wildman–Crippen MR) is 75.4 cm³/mol. The molecule has 0 aliphatic rings. The maximum atomic E-state index is 11.7. The summed E-state index contributed by atoms with van der Waals surface area (Å²) < 4.78 is 5.41. The van der Waals surface area contributed by atoms with Crippen molar-refractivity contribution in [3.8, 4) is 0 Å². The van der Waals surface area contributed by atoms with E-state index in [1.807, 2.05) is 27.7 Å². The summed E-state index contributed by atoms with van der Waals surface area (Å²) in [6, 6.07) is 0.230. The second-order valence-corrected chi connectivity index (χ2v) is 5.37. The van der Waals surface area contributed by atoms with Crippen LogP contribution in [0.3, 0.4) is 0 Å². The van der Waals surface area contributed by atoms with E-state index in [1.54, 1.807) is 0 Å². The molecule has 2 unspecified atom stereocenters. The molecule has 0 aliphatic heterocycles. The van der Waals surface area contributed by atoms with Gasteiger partial charge in [-0.2, -0.15) is 0 Å². The van der Waals surface area contributed by atoms with E-state index in [4.69, 9.17) is 10.5 Å². The van der Waals surface area contributed by atoms with Gasteiger partial charge in [0.05, 0.1) is 6.10 Å². The van der Waals surface area contributed by atoms with Crippen molar-refractivity contribution in [2.45, 2.75) is 65.5 Å². The van der Waals surface area contributed by atoms with E-state index >= 15 is 0 Å². The highest BCUT2D eigenvalue weighted by molar-refractivity contribution is 5.78. The summed E-state index contributed by atoms with van der Waals surface area (Å²) >= 11 is 0. The van der Waals surface area contributed by atoms with E-state index in [9.17, 15) is 4.79 Å². The normalized spacial score (nSPS) is 14.6. The van der Waals surface area contributed by atoms with E-state index in [0.29, 0.717) is 13.2 Å². The number of hydrogen-bond acceptors (Lipinski definition) is 3. The van der Waals surface area contributed by atoms with Gasteiger partial charge in [0.2, 0.25) is 5.91 Å². The van der Waals surface area contributed by atoms with Gasteiger partial charge in [0.15, 0.2) is 0 Å². The minimum Gasteiger partial charge on any atom is -0.379 e. The van der Waals surface area contributed by atoms with Crippen LogP contribution >= 0.6 is 0 Å². The lowest BCUT2D eigenvalue weighted by Gasteiger charge is -2.13. The van der Waals surface area contributed by atoms with Crippen molar-refractivity contribution < 1.29 is 9.53 Å². The Morgan fingerprint density at radius 3 is 2.39 bits per heavy atom. The molecule has 0 spiro atoms. The monoisotopic (exact) mass is 258 g/mol. The zero-order valence-electron chi connectivity index (χ0n) is 12.4. The summed E-state index contributed by atoms with van der Waals surface area (Å²) in [6.45, 7) is 9.40. The summed E-state index contributed by atoms with van der Waals surface area (Å²) in [5.41, 5.74) is 5.68. The SMILES string of the molecule is CC(N)CCCC(C)C(=O)NCCCOC(C)C. The molecule has 0 aromatic carbocycles. The lowest BCUT2D eigenvalue weighted by atomic mass is 10.0. The zero-order valence-corrected chi connectivity index (χ0v) is 12.4. The smallest absolute Gasteiger partial charge is 0.222 e. The van der Waals surface area contributed by atoms with Gasteiger partial charge in [-0.25, -0.2) is 0 Å². The van der Waals surface area contributed by atoms with E-state index in [2.05, 4.69) is 5.32 Å². The fraction of sp³-hybridized carbons (Fsp3) is 0.929. The van der Waals surface area contributed by atoms with E-state index < -0.39 is 0 Å². The summed E-state index contributed by atoms with van der Waals surface area (Å²) in [7, 11) is 0. The fourth-order valence-corrected chi connectivity index (χ4v) is 1.65. The highest BCUT2D eigenvalue weighted by atomic mass is 16.5. The van der Waals surface area contributed by atoms with Crippen molar-refractivity contribution in [3.63, 3.8) is 0 Å². The first-order chi connectivity index (χ1) is 8.43. The van der Waals surface area contributed by atoms with Gasteiger partial charge in [0, 0.05) is 25.1 Å². The molecule has 18 heavy (non-hydrogen) atoms. The van der Waals surface area contributed by atoms with E-state index in [1.165, 1.54) is 0 Å². The summed E-state index contributed by atoms with van der Waals surface area (Å²) in [6.07, 6.45) is 4.05. The third-order valence-corrected chi connectivity index (χ3v) is 2.82. The van der Waals surface area contributed by atoms with Crippen molar-refractivity contribution in [1.29, 1.82) is 0 Å². The van der Waals surface area contributed by atoms with Crippen molar-refractivity contribution in [2.24, 2.45) is 11.7 Å². The average Bonchev–Trinajstić information content (AvgIpc) is 2.27. The van der Waals surface area contributed by atoms with Crippen LogP contribution in [0.15, 0.2) is 0 Å². The average molecular weight is 258 g/mol. The summed E-state index contributed by atoms with van der Waals surface area (Å²) in [5.74, 6) is 0.221. The standard InChI is InChI=1S/C14H30N2O2/c1-11(2)18-10-6-9-16-14(17)12(3)7-5-8-13(4)15/h11-13H,5-10,15H2,1-4H3,(H,16,17). The van der Waals surface area contributed by atoms with Gasteiger partial charge in [0.25, 0.3) is 0 Å². The predicted octanol–water partition coefficient (Wildman–Crippen LogP) is 2.07. The van der Waals surface area contributed by atoms with E-state index in [0.717, 1.165) is 25.7 Å². The van der Waals surface area contributed by atoms with Gasteiger partial charge in [-0.15, -0.1) is 0 Å². The van der Waals surface area contributed by atoms with E-state index in [-0.39, 0.29) is 24.0 Å². The van der Waals surface area contributed by atoms with Crippen LogP contribution in [0.5, 0.6) is 0 Å². The molecule has 0 saturated heterocycles. The Morgan fingerprint density at radius 2 is 1.83 bits per heavy atom. The van der Waals surface area contributed by atoms with Crippen LogP contribution in [-0.4, -0.2) is 31.2 Å². The van der Waals surface area contributed by atoms with Crippen molar-refractivity contribution in [2.75, 3.05) is 13.2 Å². The first kappa shape index (κ1) is 17.4. The first-order valence-electron chi connectivity index (χ1n) is 7.08. The molecular weight excluding hydrogens is 228 g/mol. The van der Waals surface area contributed by atoms with Crippen LogP contribution < -0.4 is 11.1 Å². The summed E-state index contributed by atoms with van der Waals surface area (Å²) in [4.78, 5) is 11.7. The minimum atomic E-state index is 0.0785. The molecular formula is C14H30N2O2. The Labute approximate surface area is 112 Å². The lowest BCUT2D eigenvalue weighted by molar-refractivity contribution is -0.124. The molecule has 1 amide bonds. The minimum absolute atomic E-state index is 0.0785. The maximum absolute atomic E-state index is 11.7. The molecule has 0 radical (unpaired) electrons. The Morgan fingerprint density at radius 1 is 1.17 bits per heavy atom. The number of hydrogen-bond donors (Lipinski definition) is 2. The molecule has 3 N–H and O–H groups in total. The van der Waals surface area contributed by atoms with Gasteiger partial charge in [0.1, 0.15) is 0 Å². The van der Waals surface area contributed by atoms with Gasteiger partial charge < -0.3 is 15.8 Å². The Kier molecular flexibility index (Phi) is 9.98. The van der Waals surface area contributed by atoms with Gasteiger partial charge in [-0.1, -0.05) is 13.3 Å². The number of rotatable bonds is 10. The second kappa shape index (κ2) is 10.3. The molecule has 0 rings (SSSR count). The highest BCUT2D eigenvalue weighted by Gasteiger charge is 2.11. The number of amides is 1. The molecule has 2 atom stereocenters. The van der Waals surface area contributed by atoms with Gasteiger partial charge in [-0.05, 0) is 40.0 Å². The molecule has 4 heteroatoms. The third-order valence-electron chi connectivity index (χ3n) is 2.82. The molecule has 108 valence electrons. The number of carbonyl (C=O) groups excluding carboxylic acids is 1. The number of ether oxygens (including phenoxy) is 1. The lowest BCUT2D eigenvalue weighted by Crippen LogP contribution is -2.30. The molecule has 4 nitrogen and oxygen atoms in total. The molecule has 0 fully saturated rings. The van der Waals surface area contributed by atoms with Crippen molar-refractivity contribution >= 4 is 5.91 Å². The molecule has 0 heterocycles. The number of nitrogens with one attached hydrogen (secondary N) is 1. The highest BCUT2D eigenvalue weighted by Crippen LogP contribution is 2.08. The molecule has 0 aliphatic carbocycles. The van der Waals surface area contributed by atoms with Crippen LogP contribution in [-0.2, 0) is 9.53 Å². The summed E-state index contributed by atoms with van der Waals surface area (Å²) in [5, 5.41) is 2.94. The van der Waals surface area contributed by atoms with Crippen LogP contribution in [0.1, 0.15) is 53.4 Å². The van der Waals surface area contributed by atoms with Crippen LogP contribution in [0.25, 0.3) is 0 Å². The Hall–Kier alpha value is -0.610. The maximum Gasteiger partial charge on any atom is 0.222 e. The zero-order chi connectivity index (χ0) is 14.0. The number of nitrogens with two attached hydrogens (primary N) is 1. The van der Waals surface area contributed by atoms with Crippen LogP contribution in [0.4, 0.5) is 0 Å². The van der Waals surface area contributed by atoms with Crippen molar-refractivity contribution in [3.05, 3.63) is 0 Å². The Bertz CT molecular complexity index is 218. The first-order valence-corrected chi connectivity index (χ1v) is 7.08. The quantitative estimate of drug-likeness (QED) is 0.590. The van der Waals surface area contributed by atoms with Crippen LogP contribution in [0, 0.1) is 5.92 Å². The fourth-order valence-electron chi connectivity index (χ4n) is 1.65. The van der Waals surface area contributed by atoms with Gasteiger partial charge in [-0.3, -0.25) is 4.79 Å². The largest absolute Gasteiger partial charge is 0.379 e. The molecule has 0 aromatic heterocycles. The molecule has 0 saturated carbocycles. The molecule has 0 aromatic rings. The third kappa shape index (κ3) is 10.5. The second-order valence-electron chi connectivity index (χ2n) is 5.37. The van der Waals surface area contributed by atoms with Gasteiger partial charge >= 0.3 is 0 Å². The Balaban J connectivity index is 3.50. The van der Waals surface area contributed by atoms with Crippen LogP contribution in [0.2, 0.25) is 0 Å². The molecule has 0 bridgehead atoms. The number of carbonyl (C=O) groups is 1. The topological polar surface area (TPSA) is 64.4 Å². The van der Waals surface area contributed by atoms with Crippen molar-refractivity contribution in [1.82, 2.24) is 5.32 Å².